The van der Waals surface area contributed by atoms with Crippen LogP contribution in [0.3, 0.4) is 0 Å². The third-order valence-corrected chi connectivity index (χ3v) is 11.1. The van der Waals surface area contributed by atoms with Crippen molar-refractivity contribution in [1.82, 2.24) is 24.6 Å². The van der Waals surface area contributed by atoms with Crippen LogP contribution in [0.1, 0.15) is 24.2 Å². The van der Waals surface area contributed by atoms with E-state index in [0.717, 1.165) is 50.2 Å². The van der Waals surface area contributed by atoms with E-state index in [0.29, 0.717) is 42.6 Å². The highest BCUT2D eigenvalue weighted by Crippen LogP contribution is 2.32. The Bertz CT molecular complexity index is 1860. The van der Waals surface area contributed by atoms with E-state index in [1.54, 1.807) is 4.57 Å². The fraction of sp³-hybridized carbons (Fsp3) is 0.333. The number of alkyl halides is 3. The van der Waals surface area contributed by atoms with Gasteiger partial charge in [-0.3, -0.25) is 14.4 Å². The van der Waals surface area contributed by atoms with Gasteiger partial charge in [-0.05, 0) is 73.0 Å². The van der Waals surface area contributed by atoms with Gasteiger partial charge in [0, 0.05) is 36.4 Å². The molecule has 6 rings (SSSR count). The van der Waals surface area contributed by atoms with Crippen LogP contribution in [0.25, 0.3) is 11.1 Å². The Labute approximate surface area is 271 Å². The molecule has 2 aliphatic rings. The molecule has 1 unspecified atom stereocenters. The highest BCUT2D eigenvalue weighted by molar-refractivity contribution is 7.92. The van der Waals surface area contributed by atoms with Crippen LogP contribution in [0.15, 0.2) is 76.5 Å². The van der Waals surface area contributed by atoms with Crippen molar-refractivity contribution in [3.8, 4) is 11.1 Å². The first-order chi connectivity index (χ1) is 21.9. The Morgan fingerprint density at radius 1 is 0.978 bits per heavy atom. The Kier molecular flexibility index (Phi) is 9.13. The number of likely N-dealkylation sites (tertiary alicyclic amines) is 1. The predicted molar refractivity (Wildman–Crippen MR) is 170 cm³/mol. The number of fused-ring (bicyclic) bond motifs is 1. The molecule has 16 heteroatoms. The van der Waals surface area contributed by atoms with E-state index < -0.39 is 41.8 Å². The van der Waals surface area contributed by atoms with Crippen molar-refractivity contribution >= 4 is 44.1 Å². The second kappa shape index (κ2) is 13.0. The van der Waals surface area contributed by atoms with Crippen molar-refractivity contribution in [2.75, 3.05) is 30.1 Å². The molecule has 4 aromatic rings. The molecule has 1 atom stereocenters. The van der Waals surface area contributed by atoms with Gasteiger partial charge in [-0.25, -0.2) is 17.3 Å². The molecule has 3 N–H and O–H groups in total. The van der Waals surface area contributed by atoms with Crippen molar-refractivity contribution in [3.63, 3.8) is 0 Å². The van der Waals surface area contributed by atoms with Crippen LogP contribution >= 0.6 is 11.6 Å². The maximum Gasteiger partial charge on any atom is 0.475 e. The number of piperidine rings is 1. The first kappa shape index (κ1) is 32.4. The van der Waals surface area contributed by atoms with Gasteiger partial charge in [0.05, 0.1) is 16.3 Å². The predicted octanol–water partition coefficient (Wildman–Crippen LogP) is 5.09. The minimum absolute atomic E-state index is 0.0425. The van der Waals surface area contributed by atoms with Crippen molar-refractivity contribution in [1.29, 1.82) is 0 Å². The highest BCUT2D eigenvalue weighted by Gasteiger charge is 2.39. The van der Waals surface area contributed by atoms with Crippen molar-refractivity contribution in [2.45, 2.75) is 53.8 Å². The number of rotatable bonds is 8. The smallest absolute Gasteiger partial charge is 0.398 e. The van der Waals surface area contributed by atoms with Crippen LogP contribution in [0.2, 0.25) is 5.02 Å². The van der Waals surface area contributed by atoms with E-state index in [4.69, 9.17) is 17.3 Å². The maximum atomic E-state index is 13.1. The molecule has 0 amide bonds. The molecule has 0 radical (unpaired) electrons. The number of hydrogen-bond acceptors (Lipinski definition) is 8. The van der Waals surface area contributed by atoms with Crippen LogP contribution in [-0.4, -0.2) is 68.4 Å². The molecular weight excluding hydrogens is 663 g/mol. The lowest BCUT2D eigenvalue weighted by Gasteiger charge is -2.40. The molecule has 0 aliphatic carbocycles. The Morgan fingerprint density at radius 3 is 2.41 bits per heavy atom. The third kappa shape index (κ3) is 6.93. The number of nitrogens with one attached hydrogen (secondary N) is 1. The molecular formula is C30H31ClF3N7O3S2. The molecule has 244 valence electrons. The summed E-state index contributed by atoms with van der Waals surface area (Å²) in [6.07, 6.45) is 1.94. The number of sulfonamides is 1. The fourth-order valence-corrected chi connectivity index (χ4v) is 7.96. The number of aromatic nitrogens is 3. The molecule has 1 fully saturated rings. The molecule has 46 heavy (non-hydrogen) atoms. The highest BCUT2D eigenvalue weighted by atomic mass is 35.5. The van der Waals surface area contributed by atoms with E-state index in [1.165, 1.54) is 11.1 Å². The number of nitrogens with zero attached hydrogens (tertiary/aromatic N) is 5. The minimum Gasteiger partial charge on any atom is -0.398 e. The molecule has 0 saturated carbocycles. The zero-order chi connectivity index (χ0) is 32.6. The van der Waals surface area contributed by atoms with Gasteiger partial charge in [0.2, 0.25) is 5.95 Å². The summed E-state index contributed by atoms with van der Waals surface area (Å²) in [7, 11) is -7.87. The van der Waals surface area contributed by atoms with Crippen LogP contribution in [0, 0.1) is 0 Å². The van der Waals surface area contributed by atoms with E-state index in [-0.39, 0.29) is 5.95 Å². The average Bonchev–Trinajstić information content (AvgIpc) is 3.42. The molecule has 10 nitrogen and oxygen atoms in total. The zero-order valence-corrected chi connectivity index (χ0v) is 26.8. The molecule has 0 bridgehead atoms. The maximum absolute atomic E-state index is 13.1. The summed E-state index contributed by atoms with van der Waals surface area (Å²) in [6, 6.07) is 19.3. The van der Waals surface area contributed by atoms with E-state index >= 15 is 0 Å². The third-order valence-electron chi connectivity index (χ3n) is 8.35. The zero-order valence-electron chi connectivity index (χ0n) is 24.5. The van der Waals surface area contributed by atoms with Crippen LogP contribution in [0.4, 0.5) is 24.8 Å². The Balaban J connectivity index is 1.08. The minimum atomic E-state index is -5.10. The lowest BCUT2D eigenvalue weighted by atomic mass is 9.97. The molecule has 3 aromatic carbocycles. The SMILES string of the molecule is Nc1ccc(S(=O)(=O)Nc2nnc3n2CCN(C2CCN(Cc4ccccc4-c4ccc(Cl)cc4)CC2)C3)cc1S(=O)C(F)(F)F. The summed E-state index contributed by atoms with van der Waals surface area (Å²) in [6.45, 7) is 4.26. The molecule has 1 saturated heterocycles. The topological polar surface area (TPSA) is 126 Å². The normalized spacial score (nSPS) is 17.5. The van der Waals surface area contributed by atoms with Crippen LogP contribution in [-0.2, 0) is 40.5 Å². The summed E-state index contributed by atoms with van der Waals surface area (Å²) in [4.78, 5) is 3.44. The summed E-state index contributed by atoms with van der Waals surface area (Å²) in [5.41, 5.74) is 3.62. The van der Waals surface area contributed by atoms with Gasteiger partial charge in [0.1, 0.15) is 5.82 Å². The van der Waals surface area contributed by atoms with Gasteiger partial charge in [0.25, 0.3) is 10.0 Å². The second-order valence-electron chi connectivity index (χ2n) is 11.3. The number of nitrogens with two attached hydrogens (primary N) is 1. The lowest BCUT2D eigenvalue weighted by molar-refractivity contribution is -0.0384. The first-order valence-corrected chi connectivity index (χ1v) is 17.5. The monoisotopic (exact) mass is 693 g/mol. The Hall–Kier alpha value is -3.50. The van der Waals surface area contributed by atoms with Crippen LogP contribution < -0.4 is 10.5 Å². The summed E-state index contributed by atoms with van der Waals surface area (Å²) >= 11 is 6.09. The molecule has 0 spiro atoms. The van der Waals surface area contributed by atoms with E-state index in [1.807, 2.05) is 30.3 Å². The number of halogens is 4. The van der Waals surface area contributed by atoms with Gasteiger partial charge in [-0.2, -0.15) is 13.2 Å². The summed E-state index contributed by atoms with van der Waals surface area (Å²) in [5, 5.41) is 8.91. The molecule has 1 aromatic heterocycles. The number of benzene rings is 3. The van der Waals surface area contributed by atoms with Crippen LogP contribution in [0.5, 0.6) is 0 Å². The molecule has 3 heterocycles. The van der Waals surface area contributed by atoms with Gasteiger partial charge >= 0.3 is 5.51 Å². The van der Waals surface area contributed by atoms with E-state index in [2.05, 4.69) is 42.9 Å². The standard InChI is InChI=1S/C30H31ClF3N7O3S2/c31-22-7-5-20(6-8-22)25-4-2-1-3-21(25)18-39-13-11-23(12-14-39)40-15-16-41-28(19-40)36-37-29(41)38-46(43,44)24-9-10-26(35)27(17-24)45(42)30(32,33)34/h1-10,17,23H,11-16,18-19,35H2,(H,37,38). The lowest BCUT2D eigenvalue weighted by Crippen LogP contribution is -2.47. The number of hydrogen-bond donors (Lipinski definition) is 2. The van der Waals surface area contributed by atoms with Gasteiger partial charge in [-0.1, -0.05) is 48.0 Å². The second-order valence-corrected chi connectivity index (χ2v) is 14.8. The van der Waals surface area contributed by atoms with Gasteiger partial charge < -0.3 is 5.73 Å². The van der Waals surface area contributed by atoms with Crippen molar-refractivity contribution < 1.29 is 25.8 Å². The van der Waals surface area contributed by atoms with E-state index in [9.17, 15) is 25.8 Å². The average molecular weight is 694 g/mol. The quantitative estimate of drug-likeness (QED) is 0.245. The summed E-state index contributed by atoms with van der Waals surface area (Å²) in [5.74, 6) is 0.540. The Morgan fingerprint density at radius 2 is 1.70 bits per heavy atom. The van der Waals surface area contributed by atoms with Crippen molar-refractivity contribution in [3.05, 3.63) is 83.1 Å². The number of nitrogen functional groups attached to an aromatic ring is 1. The number of anilines is 2. The van der Waals surface area contributed by atoms with Gasteiger partial charge in [-0.15, -0.1) is 10.2 Å². The summed E-state index contributed by atoms with van der Waals surface area (Å²) < 4.78 is 81.1. The molecule has 2 aliphatic heterocycles. The van der Waals surface area contributed by atoms with Crippen molar-refractivity contribution in [2.24, 2.45) is 0 Å². The van der Waals surface area contributed by atoms with Gasteiger partial charge in [0.15, 0.2) is 10.8 Å². The fourth-order valence-electron chi connectivity index (χ4n) is 5.96. The first-order valence-electron chi connectivity index (χ1n) is 14.5. The largest absolute Gasteiger partial charge is 0.475 e.